The minimum absolute atomic E-state index is 0.0802. The number of rotatable bonds is 8. The third-order valence-electron chi connectivity index (χ3n) is 5.83. The molecule has 4 aromatic carbocycles. The van der Waals surface area contributed by atoms with Crippen LogP contribution in [0.5, 0.6) is 5.75 Å². The van der Waals surface area contributed by atoms with Gasteiger partial charge < -0.3 is 19.8 Å². The minimum atomic E-state index is -0.237. The maximum atomic E-state index is 13.2. The highest BCUT2D eigenvalue weighted by Crippen LogP contribution is 2.31. The molecule has 1 heterocycles. The summed E-state index contributed by atoms with van der Waals surface area (Å²) in [5.41, 5.74) is 8.86. The molecular formula is C29H24N2O4. The second-order valence-electron chi connectivity index (χ2n) is 8.25. The summed E-state index contributed by atoms with van der Waals surface area (Å²) in [7, 11) is 0. The zero-order valence-electron chi connectivity index (χ0n) is 19.0. The summed E-state index contributed by atoms with van der Waals surface area (Å²) in [6.07, 6.45) is 0. The van der Waals surface area contributed by atoms with Gasteiger partial charge in [-0.25, -0.2) is 0 Å². The van der Waals surface area contributed by atoms with Gasteiger partial charge in [0.25, 0.3) is 5.91 Å². The molecule has 0 saturated carbocycles. The Hall–Kier alpha value is -4.58. The van der Waals surface area contributed by atoms with E-state index in [9.17, 15) is 9.59 Å². The van der Waals surface area contributed by atoms with E-state index in [1.54, 1.807) is 48.5 Å². The van der Waals surface area contributed by atoms with Crippen LogP contribution >= 0.6 is 0 Å². The van der Waals surface area contributed by atoms with E-state index in [4.69, 9.17) is 14.9 Å². The molecule has 0 aliphatic heterocycles. The molecule has 6 heteroatoms. The zero-order valence-corrected chi connectivity index (χ0v) is 19.0. The predicted octanol–water partition coefficient (Wildman–Crippen LogP) is 5.57. The van der Waals surface area contributed by atoms with Crippen LogP contribution in [0.25, 0.3) is 21.9 Å². The first-order valence-electron chi connectivity index (χ1n) is 11.4. The number of furan rings is 1. The van der Waals surface area contributed by atoms with Crippen LogP contribution in [-0.4, -0.2) is 36.3 Å². The van der Waals surface area contributed by atoms with Crippen molar-refractivity contribution in [2.24, 2.45) is 0 Å². The van der Waals surface area contributed by atoms with Gasteiger partial charge in [0.05, 0.1) is 13.1 Å². The molecule has 5 aromatic rings. The van der Waals surface area contributed by atoms with Gasteiger partial charge in [-0.3, -0.25) is 9.59 Å². The van der Waals surface area contributed by atoms with Gasteiger partial charge >= 0.3 is 0 Å². The summed E-state index contributed by atoms with van der Waals surface area (Å²) >= 11 is 0. The number of benzene rings is 4. The summed E-state index contributed by atoms with van der Waals surface area (Å²) in [6, 6.07) is 29.2. The number of ketones is 1. The molecule has 5 rings (SSSR count). The molecule has 0 saturated heterocycles. The van der Waals surface area contributed by atoms with Crippen molar-refractivity contribution in [2.45, 2.75) is 0 Å². The minimum Gasteiger partial charge on any atom is -0.492 e. The van der Waals surface area contributed by atoms with Crippen LogP contribution < -0.4 is 10.5 Å². The number of nitrogens with two attached hydrogens (primary N) is 1. The molecule has 0 atom stereocenters. The number of carbonyl (C=O) groups excluding carboxylic acids is 2. The molecular weight excluding hydrogens is 440 g/mol. The van der Waals surface area contributed by atoms with Crippen LogP contribution in [0.3, 0.4) is 0 Å². The normalized spacial score (nSPS) is 11.0. The van der Waals surface area contributed by atoms with Crippen LogP contribution in [0.1, 0.15) is 20.7 Å². The molecule has 0 unspecified atom stereocenters. The molecule has 2 N–H and O–H groups in total. The van der Waals surface area contributed by atoms with Gasteiger partial charge in [-0.2, -0.15) is 0 Å². The average molecular weight is 465 g/mol. The third kappa shape index (κ3) is 4.87. The van der Waals surface area contributed by atoms with Crippen molar-refractivity contribution in [1.82, 2.24) is 4.90 Å². The van der Waals surface area contributed by atoms with Gasteiger partial charge in [-0.1, -0.05) is 48.5 Å². The smallest absolute Gasteiger partial charge is 0.254 e. The number of fused-ring (bicyclic) bond motifs is 3. The van der Waals surface area contributed by atoms with E-state index in [1.165, 1.54) is 4.90 Å². The Kier molecular flexibility index (Phi) is 6.18. The topological polar surface area (TPSA) is 85.8 Å². The number of para-hydroxylation sites is 1. The maximum absolute atomic E-state index is 13.2. The summed E-state index contributed by atoms with van der Waals surface area (Å²) in [5, 5.41) is 2.07. The molecule has 6 nitrogen and oxygen atoms in total. The summed E-state index contributed by atoms with van der Waals surface area (Å²) in [6.45, 7) is 0.373. The van der Waals surface area contributed by atoms with Crippen molar-refractivity contribution < 1.29 is 18.7 Å². The number of ether oxygens (including phenoxy) is 1. The fraction of sp³-hybridized carbons (Fsp3) is 0.103. The molecule has 0 spiro atoms. The maximum Gasteiger partial charge on any atom is 0.254 e. The Bertz CT molecular complexity index is 1510. The van der Waals surface area contributed by atoms with Crippen LogP contribution in [0, 0.1) is 0 Å². The van der Waals surface area contributed by atoms with E-state index >= 15 is 0 Å². The molecule has 174 valence electrons. The summed E-state index contributed by atoms with van der Waals surface area (Å²) in [5.74, 6) is 0.204. The lowest BCUT2D eigenvalue weighted by molar-refractivity contribution is 0.0686. The first kappa shape index (κ1) is 22.2. The Morgan fingerprint density at radius 3 is 2.34 bits per heavy atom. The third-order valence-corrected chi connectivity index (χ3v) is 5.83. The average Bonchev–Trinajstić information content (AvgIpc) is 3.26. The van der Waals surface area contributed by atoms with Gasteiger partial charge in [0, 0.05) is 33.7 Å². The number of nitrogens with zero attached hydrogens (tertiary/aromatic N) is 1. The fourth-order valence-corrected chi connectivity index (χ4v) is 4.06. The number of amides is 1. The van der Waals surface area contributed by atoms with Gasteiger partial charge in [-0.15, -0.1) is 0 Å². The van der Waals surface area contributed by atoms with Gasteiger partial charge in [0.2, 0.25) is 0 Å². The van der Waals surface area contributed by atoms with Crippen molar-refractivity contribution in [3.63, 3.8) is 0 Å². The lowest BCUT2D eigenvalue weighted by atomic mass is 10.1. The van der Waals surface area contributed by atoms with E-state index in [2.05, 4.69) is 0 Å². The SMILES string of the molecule is Nc1cccc(C(=O)CN(CCOc2ccc3c(c2)oc2ccccc23)C(=O)c2ccccc2)c1. The Balaban J connectivity index is 1.31. The Morgan fingerprint density at radius 1 is 0.771 bits per heavy atom. The van der Waals surface area contributed by atoms with Crippen molar-refractivity contribution in [1.29, 1.82) is 0 Å². The number of Topliss-reactive ketones (excluding diaryl/α,β-unsaturated/α-hetero) is 1. The number of hydrogen-bond donors (Lipinski definition) is 1. The number of carbonyl (C=O) groups is 2. The molecule has 0 radical (unpaired) electrons. The molecule has 0 fully saturated rings. The van der Waals surface area contributed by atoms with E-state index in [1.807, 2.05) is 48.5 Å². The summed E-state index contributed by atoms with van der Waals surface area (Å²) < 4.78 is 11.9. The predicted molar refractivity (Wildman–Crippen MR) is 137 cm³/mol. The zero-order chi connectivity index (χ0) is 24.2. The number of hydrogen-bond acceptors (Lipinski definition) is 5. The van der Waals surface area contributed by atoms with Gasteiger partial charge in [0.15, 0.2) is 5.78 Å². The van der Waals surface area contributed by atoms with E-state index in [-0.39, 0.29) is 31.4 Å². The van der Waals surface area contributed by atoms with E-state index < -0.39 is 0 Å². The molecule has 0 bridgehead atoms. The van der Waals surface area contributed by atoms with Crippen LogP contribution in [0.15, 0.2) is 101 Å². The molecule has 0 aliphatic carbocycles. The highest BCUT2D eigenvalue weighted by Gasteiger charge is 2.20. The van der Waals surface area contributed by atoms with Crippen LogP contribution in [-0.2, 0) is 0 Å². The first-order chi connectivity index (χ1) is 17.1. The lowest BCUT2D eigenvalue weighted by Gasteiger charge is -2.22. The Labute approximate surface area is 202 Å². The molecule has 1 amide bonds. The first-order valence-corrected chi connectivity index (χ1v) is 11.4. The van der Waals surface area contributed by atoms with E-state index in [0.29, 0.717) is 22.6 Å². The van der Waals surface area contributed by atoms with Crippen LogP contribution in [0.2, 0.25) is 0 Å². The largest absolute Gasteiger partial charge is 0.492 e. The highest BCUT2D eigenvalue weighted by molar-refractivity contribution is 6.05. The number of anilines is 1. The van der Waals surface area contributed by atoms with Gasteiger partial charge in [-0.05, 0) is 42.5 Å². The second-order valence-corrected chi connectivity index (χ2v) is 8.25. The van der Waals surface area contributed by atoms with Crippen molar-refractivity contribution in [3.8, 4) is 5.75 Å². The lowest BCUT2D eigenvalue weighted by Crippen LogP contribution is -2.38. The highest BCUT2D eigenvalue weighted by atomic mass is 16.5. The molecule has 35 heavy (non-hydrogen) atoms. The monoisotopic (exact) mass is 464 g/mol. The quantitative estimate of drug-likeness (QED) is 0.240. The van der Waals surface area contributed by atoms with Crippen LogP contribution in [0.4, 0.5) is 5.69 Å². The van der Waals surface area contributed by atoms with Crippen molar-refractivity contribution >= 4 is 39.3 Å². The fourth-order valence-electron chi connectivity index (χ4n) is 4.06. The molecule has 0 aliphatic rings. The van der Waals surface area contributed by atoms with Crippen molar-refractivity contribution in [3.05, 3.63) is 108 Å². The second kappa shape index (κ2) is 9.73. The van der Waals surface area contributed by atoms with Gasteiger partial charge in [0.1, 0.15) is 23.5 Å². The standard InChI is InChI=1S/C29H24N2O4/c30-22-10-6-9-21(17-22)26(32)19-31(29(33)20-7-2-1-3-8-20)15-16-34-23-13-14-25-24-11-4-5-12-27(24)35-28(25)18-23/h1-14,17-18H,15-16,19,30H2. The number of nitrogen functional groups attached to an aromatic ring is 1. The van der Waals surface area contributed by atoms with E-state index in [0.717, 1.165) is 21.9 Å². The summed E-state index contributed by atoms with van der Waals surface area (Å²) in [4.78, 5) is 27.6. The van der Waals surface area contributed by atoms with Crippen molar-refractivity contribution in [2.75, 3.05) is 25.4 Å². The molecule has 1 aromatic heterocycles. The Morgan fingerprint density at radius 2 is 1.51 bits per heavy atom.